The van der Waals surface area contributed by atoms with Crippen LogP contribution in [0, 0.1) is 0 Å². The highest BCUT2D eigenvalue weighted by molar-refractivity contribution is 7.00. The molecule has 14 aromatic carbocycles. The SMILES string of the molecule is [2H]c1c([2H])c([2H])c(-c2ccc3c(c2)N(c2c(-c4ccc(C(C)(C)C)cc4)cccc2-c2cc(C(C)(C)C)cc(C(C)(C)C)c2)c2cc(-n4c5ccc(C(C)(C)C)cc5c5cc(C(C)(C)C)ccc54)cc4c2B3c2ccc(-n3c5ccc(C(C)(C)C)cc5c5cc(C(C)(C)C)ccc53)cc2N4c2c(-c3ccc(C(C)(C)C)cc3)cccc2-c2ccc(C(C)(C)C)cc2C(C)(C)C)c([2H])c1[2H]. The molecule has 4 nitrogen and oxygen atoms in total. The Balaban J connectivity index is 1.11. The Morgan fingerprint density at radius 1 is 0.225 bits per heavy atom. The summed E-state index contributed by atoms with van der Waals surface area (Å²) in [6, 6.07) is 93.2. The van der Waals surface area contributed by atoms with Gasteiger partial charge in [0.2, 0.25) is 0 Å². The van der Waals surface area contributed by atoms with Crippen LogP contribution < -0.4 is 26.2 Å². The predicted octanol–water partition coefficient (Wildman–Crippen LogP) is 33.3. The molecule has 18 rings (SSSR count). The summed E-state index contributed by atoms with van der Waals surface area (Å²) in [6.07, 6.45) is 0. The zero-order valence-electron chi connectivity index (χ0n) is 87.5. The third kappa shape index (κ3) is 15.7. The molecule has 2 aromatic heterocycles. The zero-order chi connectivity index (χ0) is 96.6. The van der Waals surface area contributed by atoms with E-state index in [1.807, 2.05) is 6.07 Å². The molecular formula is C124H135BN4. The Morgan fingerprint density at radius 2 is 0.550 bits per heavy atom. The lowest BCUT2D eigenvalue weighted by molar-refractivity contribution is 0.568. The molecule has 654 valence electrons. The molecule has 0 atom stereocenters. The number of anilines is 6. The van der Waals surface area contributed by atoms with Crippen molar-refractivity contribution in [2.75, 3.05) is 9.80 Å². The van der Waals surface area contributed by atoms with E-state index in [-0.39, 0.29) is 83.9 Å². The molecule has 0 bridgehead atoms. The van der Waals surface area contributed by atoms with Gasteiger partial charge in [0.05, 0.1) is 46.0 Å². The van der Waals surface area contributed by atoms with Crippen LogP contribution in [0.1, 0.15) is 270 Å². The second-order valence-corrected chi connectivity index (χ2v) is 47.7. The third-order valence-corrected chi connectivity index (χ3v) is 27.9. The van der Waals surface area contributed by atoms with Crippen LogP contribution in [-0.4, -0.2) is 15.8 Å². The highest BCUT2D eigenvalue weighted by atomic mass is 15.2. The second-order valence-electron chi connectivity index (χ2n) is 47.7. The highest BCUT2D eigenvalue weighted by Crippen LogP contribution is 2.57. The van der Waals surface area contributed by atoms with E-state index in [1.54, 1.807) is 0 Å². The Morgan fingerprint density at radius 3 is 0.946 bits per heavy atom. The van der Waals surface area contributed by atoms with Crippen molar-refractivity contribution in [3.8, 4) is 67.0 Å². The summed E-state index contributed by atoms with van der Waals surface area (Å²) in [5.41, 5.74) is 34.6. The molecule has 4 heterocycles. The summed E-state index contributed by atoms with van der Waals surface area (Å²) in [5.74, 6) is 0. The molecular weight excluding hydrogens is 1560 g/mol. The minimum atomic E-state index is -0.533. The molecule has 16 aromatic rings. The summed E-state index contributed by atoms with van der Waals surface area (Å²) < 4.78 is 53.2. The first kappa shape index (κ1) is 81.8. The quantitative estimate of drug-likeness (QED) is 0.134. The molecule has 0 spiro atoms. The van der Waals surface area contributed by atoms with Crippen molar-refractivity contribution in [3.63, 3.8) is 0 Å². The lowest BCUT2D eigenvalue weighted by Gasteiger charge is -2.46. The van der Waals surface area contributed by atoms with Crippen molar-refractivity contribution in [2.24, 2.45) is 0 Å². The van der Waals surface area contributed by atoms with E-state index in [1.165, 1.54) is 66.4 Å². The number of rotatable bonds is 9. The molecule has 0 saturated heterocycles. The molecule has 0 aliphatic carbocycles. The van der Waals surface area contributed by atoms with Crippen molar-refractivity contribution in [3.05, 3.63) is 329 Å². The fourth-order valence-electron chi connectivity index (χ4n) is 20.0. The van der Waals surface area contributed by atoms with Crippen LogP contribution in [-0.2, 0) is 54.1 Å². The van der Waals surface area contributed by atoms with Crippen LogP contribution in [0.25, 0.3) is 111 Å². The fraction of sp³-hybridized carbons (Fsp3) is 0.323. The summed E-state index contributed by atoms with van der Waals surface area (Å²) in [5, 5.41) is 4.72. The van der Waals surface area contributed by atoms with Gasteiger partial charge in [-0.1, -0.05) is 402 Å². The van der Waals surface area contributed by atoms with Crippen LogP contribution in [0.15, 0.2) is 273 Å². The third-order valence-electron chi connectivity index (χ3n) is 27.9. The molecule has 2 aliphatic heterocycles. The maximum absolute atomic E-state index is 10.0. The number of fused-ring (bicyclic) bond motifs is 10. The molecule has 0 amide bonds. The number of para-hydroxylation sites is 2. The van der Waals surface area contributed by atoms with Crippen molar-refractivity contribution in [1.82, 2.24) is 9.13 Å². The van der Waals surface area contributed by atoms with E-state index >= 15 is 0 Å². The topological polar surface area (TPSA) is 16.3 Å². The van der Waals surface area contributed by atoms with Gasteiger partial charge in [-0.15, -0.1) is 0 Å². The van der Waals surface area contributed by atoms with Gasteiger partial charge < -0.3 is 18.9 Å². The summed E-state index contributed by atoms with van der Waals surface area (Å²) >= 11 is 0. The normalized spacial score (nSPS) is 14.3. The number of nitrogens with zero attached hydrogens (tertiary/aromatic N) is 4. The fourth-order valence-corrected chi connectivity index (χ4v) is 20.0. The zero-order valence-corrected chi connectivity index (χ0v) is 82.5. The number of aromatic nitrogens is 2. The van der Waals surface area contributed by atoms with Gasteiger partial charge in [-0.2, -0.15) is 0 Å². The van der Waals surface area contributed by atoms with E-state index in [0.29, 0.717) is 5.56 Å². The van der Waals surface area contributed by atoms with E-state index in [4.69, 9.17) is 1.37 Å². The largest absolute Gasteiger partial charge is 0.310 e. The van der Waals surface area contributed by atoms with Gasteiger partial charge in [-0.3, -0.25) is 0 Å². The minimum Gasteiger partial charge on any atom is -0.310 e. The lowest BCUT2D eigenvalue weighted by Crippen LogP contribution is -2.61. The van der Waals surface area contributed by atoms with Gasteiger partial charge in [-0.05, 0) is 238 Å². The van der Waals surface area contributed by atoms with Crippen molar-refractivity contribution < 1.29 is 6.85 Å². The molecule has 2 aliphatic rings. The molecule has 0 unspecified atom stereocenters. The number of benzene rings is 14. The van der Waals surface area contributed by atoms with Crippen molar-refractivity contribution in [2.45, 2.75) is 262 Å². The van der Waals surface area contributed by atoms with Crippen LogP contribution in [0.5, 0.6) is 0 Å². The second kappa shape index (κ2) is 30.5. The highest BCUT2D eigenvalue weighted by Gasteiger charge is 2.47. The Kier molecular flexibility index (Phi) is 19.3. The Bertz CT molecular complexity index is 7300. The molecule has 0 fully saturated rings. The van der Waals surface area contributed by atoms with Gasteiger partial charge in [0.1, 0.15) is 0 Å². The monoisotopic (exact) mass is 1700 g/mol. The Hall–Kier alpha value is -11.7. The van der Waals surface area contributed by atoms with E-state index < -0.39 is 12.8 Å². The smallest absolute Gasteiger partial charge is 0.252 e. The molecule has 129 heavy (non-hydrogen) atoms. The summed E-state index contributed by atoms with van der Waals surface area (Å²) in [6.45, 7) is 69.1. The maximum atomic E-state index is 10.0. The first-order chi connectivity index (χ1) is 62.4. The van der Waals surface area contributed by atoms with Crippen molar-refractivity contribution in [1.29, 1.82) is 0 Å². The molecule has 5 heteroatoms. The summed E-state index contributed by atoms with van der Waals surface area (Å²) in [7, 11) is 0. The standard InChI is InChI=1S/C124H135BN4/c1-115(2,3)81-47-42-77(43-48-81)92-38-34-40-94(80-64-88(122(22,23)24)67-89(65-80)123(25,26)27)113(92)128-108-66-79(76-36-32-31-33-37-76)46-58-102(108)125-103-59-56-90(126-104-60-52-83(117(7,8)9)68-97(104)98-69-84(118(10,11)12)53-61-105(98)126)73-109(103)129(111-75-91(74-110(128)112(111)125)127-106-62-54-85(119(13,14)15)70-99(106)100-71-86(120(16,17)18)55-63-107(100)127)114-93(78-44-49-82(50-45-78)116(4,5)6)39-35-41-96(114)95-57-51-87(121(19,20)21)72-101(95)124(28,29)30/h31-75H,1-30H3/i31D,32D,33D,36D,37D. The van der Waals surface area contributed by atoms with E-state index in [2.05, 4.69) is 463 Å². The number of hydrogen-bond acceptors (Lipinski definition) is 2. The first-order valence-electron chi connectivity index (χ1n) is 49.5. The van der Waals surface area contributed by atoms with Gasteiger partial charge in [0, 0.05) is 72.2 Å². The van der Waals surface area contributed by atoms with Crippen LogP contribution in [0.4, 0.5) is 34.1 Å². The lowest BCUT2D eigenvalue weighted by atomic mass is 9.33. The minimum absolute atomic E-state index is 0.132. The van der Waals surface area contributed by atoms with Crippen molar-refractivity contribution >= 4 is 101 Å². The number of hydrogen-bond donors (Lipinski definition) is 0. The average molecular weight is 1700 g/mol. The van der Waals surface area contributed by atoms with Gasteiger partial charge >= 0.3 is 0 Å². The van der Waals surface area contributed by atoms with Gasteiger partial charge in [0.15, 0.2) is 0 Å². The van der Waals surface area contributed by atoms with E-state index in [0.717, 1.165) is 139 Å². The van der Waals surface area contributed by atoms with E-state index in [9.17, 15) is 5.48 Å². The summed E-state index contributed by atoms with van der Waals surface area (Å²) in [4.78, 5) is 5.30. The van der Waals surface area contributed by atoms with Gasteiger partial charge in [-0.25, -0.2) is 0 Å². The van der Waals surface area contributed by atoms with Crippen LogP contribution >= 0.6 is 0 Å². The first-order valence-corrected chi connectivity index (χ1v) is 47.0. The molecule has 0 N–H and O–H groups in total. The maximum Gasteiger partial charge on any atom is 0.252 e. The van der Waals surface area contributed by atoms with Crippen LogP contribution in [0.3, 0.4) is 0 Å². The van der Waals surface area contributed by atoms with Gasteiger partial charge in [0.25, 0.3) is 6.71 Å². The predicted molar refractivity (Wildman–Crippen MR) is 563 cm³/mol. The average Bonchev–Trinajstić information content (AvgIpc) is 0.899. The Labute approximate surface area is 779 Å². The van der Waals surface area contributed by atoms with Crippen LogP contribution in [0.2, 0.25) is 0 Å². The molecule has 0 saturated carbocycles. The molecule has 0 radical (unpaired) electrons.